The monoisotopic (exact) mass is 778 g/mol. The lowest BCUT2D eigenvalue weighted by molar-refractivity contribution is -0.161. The Bertz CT molecular complexity index is 921. The Morgan fingerprint density at radius 2 is 0.830 bits per heavy atom. The quantitative estimate of drug-likeness (QED) is 0.0306. The van der Waals surface area contributed by atoms with Gasteiger partial charge in [0.25, 0.3) is 0 Å². The Hall–Kier alpha value is -1.52. The summed E-state index contributed by atoms with van der Waals surface area (Å²) in [6.07, 6.45) is 34.9. The minimum absolute atomic E-state index is 0.169. The molecular weight excluding hydrogens is 697 g/mol. The van der Waals surface area contributed by atoms with E-state index in [1.807, 2.05) is 0 Å². The number of hydrogen-bond acceptors (Lipinski definition) is 9. The number of nitrogens with two attached hydrogens (primary N) is 1. The number of aliphatic carboxylic acids is 1. The van der Waals surface area contributed by atoms with Gasteiger partial charge < -0.3 is 25.2 Å². The molecule has 0 saturated carbocycles. The van der Waals surface area contributed by atoms with Gasteiger partial charge in [-0.2, -0.15) is 0 Å². The third-order valence-corrected chi connectivity index (χ3v) is 10.6. The number of ether oxygens (including phenoxy) is 2. The van der Waals surface area contributed by atoms with E-state index in [4.69, 9.17) is 24.8 Å². The minimum Gasteiger partial charge on any atom is -0.480 e. The summed E-state index contributed by atoms with van der Waals surface area (Å²) in [6, 6.07) is -1.51. The standard InChI is InChI=1S/C41H80NO10P/c1-3-5-7-9-11-12-13-14-15-16-17-18-19-20-21-22-23-24-25-27-29-31-33-40(44)52-37(35-50-53(47,48)51-36-38(42)41(45)46)34-49-39(43)32-30-28-26-10-8-6-4-2/h37-38H,3-36,42H2,1-2H3,(H,45,46)(H,47,48)/t37-,38-/m0/s1. The maximum atomic E-state index is 12.6. The van der Waals surface area contributed by atoms with Crippen molar-refractivity contribution in [3.63, 3.8) is 0 Å². The predicted octanol–water partition coefficient (Wildman–Crippen LogP) is 11.1. The van der Waals surface area contributed by atoms with Crippen LogP contribution in [0.1, 0.15) is 213 Å². The fourth-order valence-corrected chi connectivity index (χ4v) is 6.96. The van der Waals surface area contributed by atoms with E-state index < -0.39 is 51.1 Å². The van der Waals surface area contributed by atoms with Crippen LogP contribution >= 0.6 is 7.82 Å². The van der Waals surface area contributed by atoms with Crippen molar-refractivity contribution >= 4 is 25.7 Å². The third kappa shape index (κ3) is 37.2. The molecule has 0 aromatic rings. The summed E-state index contributed by atoms with van der Waals surface area (Å²) in [6.45, 7) is 2.77. The minimum atomic E-state index is -4.70. The topological polar surface area (TPSA) is 172 Å². The molecule has 0 saturated heterocycles. The molecule has 4 N–H and O–H groups in total. The van der Waals surface area contributed by atoms with E-state index in [0.717, 1.165) is 38.5 Å². The Balaban J connectivity index is 4.13. The molecule has 0 radical (unpaired) electrons. The molecule has 3 atom stereocenters. The molecular formula is C41H80NO10P. The second-order valence-electron chi connectivity index (χ2n) is 14.8. The Kier molecular flexibility index (Phi) is 36.3. The average molecular weight is 778 g/mol. The van der Waals surface area contributed by atoms with Gasteiger partial charge in [-0.25, -0.2) is 4.57 Å². The zero-order valence-corrected chi connectivity index (χ0v) is 34.8. The highest BCUT2D eigenvalue weighted by molar-refractivity contribution is 7.47. The van der Waals surface area contributed by atoms with E-state index >= 15 is 0 Å². The van der Waals surface area contributed by atoms with Gasteiger partial charge in [0.1, 0.15) is 12.6 Å². The third-order valence-electron chi connectivity index (χ3n) is 9.61. The van der Waals surface area contributed by atoms with E-state index in [1.54, 1.807) is 0 Å². The molecule has 11 nitrogen and oxygen atoms in total. The molecule has 0 spiro atoms. The summed E-state index contributed by atoms with van der Waals surface area (Å²) < 4.78 is 32.5. The lowest BCUT2D eigenvalue weighted by Gasteiger charge is -2.20. The molecule has 12 heteroatoms. The van der Waals surface area contributed by atoms with Crippen LogP contribution in [-0.4, -0.2) is 59.9 Å². The van der Waals surface area contributed by atoms with Crippen molar-refractivity contribution in [2.24, 2.45) is 5.73 Å². The molecule has 314 valence electrons. The van der Waals surface area contributed by atoms with E-state index in [0.29, 0.717) is 12.8 Å². The molecule has 0 aliphatic carbocycles. The fourth-order valence-electron chi connectivity index (χ4n) is 6.18. The van der Waals surface area contributed by atoms with Gasteiger partial charge in [0.15, 0.2) is 6.10 Å². The van der Waals surface area contributed by atoms with Crippen molar-refractivity contribution in [3.8, 4) is 0 Å². The van der Waals surface area contributed by atoms with Gasteiger partial charge in [0.05, 0.1) is 13.2 Å². The van der Waals surface area contributed by atoms with Crippen LogP contribution in [0.3, 0.4) is 0 Å². The first-order valence-electron chi connectivity index (χ1n) is 21.6. The summed E-state index contributed by atoms with van der Waals surface area (Å²) in [4.78, 5) is 45.7. The van der Waals surface area contributed by atoms with Crippen molar-refractivity contribution in [1.29, 1.82) is 0 Å². The van der Waals surface area contributed by atoms with E-state index in [1.165, 1.54) is 135 Å². The van der Waals surface area contributed by atoms with Crippen LogP contribution < -0.4 is 5.73 Å². The first-order chi connectivity index (χ1) is 25.6. The second kappa shape index (κ2) is 37.4. The molecule has 1 unspecified atom stereocenters. The molecule has 0 aromatic heterocycles. The number of unbranched alkanes of at least 4 members (excludes halogenated alkanes) is 27. The maximum Gasteiger partial charge on any atom is 0.472 e. The normalized spacial score (nSPS) is 13.7. The summed E-state index contributed by atoms with van der Waals surface area (Å²) in [5, 5.41) is 8.86. The molecule has 0 heterocycles. The number of esters is 2. The van der Waals surface area contributed by atoms with Crippen LogP contribution in [0.2, 0.25) is 0 Å². The van der Waals surface area contributed by atoms with Crippen molar-refractivity contribution in [1.82, 2.24) is 0 Å². The number of rotatable bonds is 41. The SMILES string of the molecule is CCCCCCCCCCCCCCCCCCCCCCCCC(=O)O[C@@H](COC(=O)CCCCCCCCC)COP(=O)(O)OC[C@H](N)C(=O)O. The Morgan fingerprint density at radius 1 is 0.509 bits per heavy atom. The predicted molar refractivity (Wildman–Crippen MR) is 213 cm³/mol. The van der Waals surface area contributed by atoms with Crippen LogP contribution in [-0.2, 0) is 37.5 Å². The summed E-state index contributed by atoms with van der Waals surface area (Å²) in [5.74, 6) is -2.37. The highest BCUT2D eigenvalue weighted by Gasteiger charge is 2.28. The number of carboxylic acid groups (broad SMARTS) is 1. The van der Waals surface area contributed by atoms with Crippen LogP contribution in [0.4, 0.5) is 0 Å². The largest absolute Gasteiger partial charge is 0.480 e. The lowest BCUT2D eigenvalue weighted by atomic mass is 10.0. The molecule has 0 aliphatic heterocycles. The van der Waals surface area contributed by atoms with Crippen LogP contribution in [0.25, 0.3) is 0 Å². The fraction of sp³-hybridized carbons (Fsp3) is 0.927. The van der Waals surface area contributed by atoms with Crippen LogP contribution in [0, 0.1) is 0 Å². The zero-order valence-electron chi connectivity index (χ0n) is 33.9. The number of hydrogen-bond donors (Lipinski definition) is 3. The highest BCUT2D eigenvalue weighted by atomic mass is 31.2. The number of carbonyl (C=O) groups is 3. The van der Waals surface area contributed by atoms with Gasteiger partial charge in [-0.05, 0) is 12.8 Å². The van der Waals surface area contributed by atoms with Gasteiger partial charge >= 0.3 is 25.7 Å². The van der Waals surface area contributed by atoms with Crippen LogP contribution in [0.5, 0.6) is 0 Å². The van der Waals surface area contributed by atoms with Crippen molar-refractivity contribution < 1.29 is 47.5 Å². The number of phosphoric ester groups is 1. The van der Waals surface area contributed by atoms with Crippen molar-refractivity contribution in [3.05, 3.63) is 0 Å². The molecule has 0 amide bonds. The average Bonchev–Trinajstić information content (AvgIpc) is 3.13. The number of carboxylic acids is 1. The van der Waals surface area contributed by atoms with E-state index in [9.17, 15) is 23.8 Å². The molecule has 0 aliphatic rings. The van der Waals surface area contributed by atoms with Gasteiger partial charge in [-0.15, -0.1) is 0 Å². The highest BCUT2D eigenvalue weighted by Crippen LogP contribution is 2.43. The molecule has 0 aromatic carbocycles. The second-order valence-corrected chi connectivity index (χ2v) is 16.3. The molecule has 0 fully saturated rings. The number of carbonyl (C=O) groups excluding carboxylic acids is 2. The van der Waals surface area contributed by atoms with Crippen molar-refractivity contribution in [2.45, 2.75) is 225 Å². The van der Waals surface area contributed by atoms with Gasteiger partial charge in [-0.1, -0.05) is 187 Å². The van der Waals surface area contributed by atoms with Crippen molar-refractivity contribution in [2.75, 3.05) is 19.8 Å². The van der Waals surface area contributed by atoms with Crippen LogP contribution in [0.15, 0.2) is 0 Å². The van der Waals surface area contributed by atoms with Gasteiger partial charge in [-0.3, -0.25) is 23.4 Å². The smallest absolute Gasteiger partial charge is 0.472 e. The number of phosphoric acid groups is 1. The lowest BCUT2D eigenvalue weighted by Crippen LogP contribution is -2.34. The zero-order chi connectivity index (χ0) is 39.3. The summed E-state index contributed by atoms with van der Waals surface area (Å²) in [5.41, 5.74) is 5.32. The Morgan fingerprint density at radius 3 is 1.19 bits per heavy atom. The summed E-state index contributed by atoms with van der Waals surface area (Å²) >= 11 is 0. The maximum absolute atomic E-state index is 12.6. The first-order valence-corrected chi connectivity index (χ1v) is 23.1. The van der Waals surface area contributed by atoms with E-state index in [2.05, 4.69) is 18.4 Å². The summed E-state index contributed by atoms with van der Waals surface area (Å²) in [7, 11) is -4.70. The van der Waals surface area contributed by atoms with Gasteiger partial charge in [0, 0.05) is 12.8 Å². The Labute approximate surface area is 323 Å². The van der Waals surface area contributed by atoms with E-state index in [-0.39, 0.29) is 19.4 Å². The molecule has 0 rings (SSSR count). The first kappa shape index (κ1) is 51.5. The molecule has 53 heavy (non-hydrogen) atoms. The van der Waals surface area contributed by atoms with Gasteiger partial charge in [0.2, 0.25) is 0 Å². The molecule has 0 bridgehead atoms.